The first-order valence-electron chi connectivity index (χ1n) is 7.78. The molecule has 1 amide bonds. The summed E-state index contributed by atoms with van der Waals surface area (Å²) < 4.78 is 10.9. The van der Waals surface area contributed by atoms with Gasteiger partial charge < -0.3 is 8.83 Å². The monoisotopic (exact) mass is 363 g/mol. The van der Waals surface area contributed by atoms with Crippen LogP contribution in [0.1, 0.15) is 11.5 Å². The number of furan rings is 2. The van der Waals surface area contributed by atoms with E-state index < -0.39 is 0 Å². The van der Waals surface area contributed by atoms with Crippen molar-refractivity contribution in [3.05, 3.63) is 77.3 Å². The van der Waals surface area contributed by atoms with Crippen LogP contribution in [0.15, 0.2) is 84.8 Å². The molecular weight excluding hydrogens is 350 g/mol. The second-order valence-electron chi connectivity index (χ2n) is 5.30. The Morgan fingerprint density at radius 1 is 1.00 bits per heavy atom. The molecule has 4 rings (SSSR count). The highest BCUT2D eigenvalue weighted by Crippen LogP contribution is 2.28. The van der Waals surface area contributed by atoms with Crippen LogP contribution in [0.3, 0.4) is 0 Å². The molecule has 1 fully saturated rings. The summed E-state index contributed by atoms with van der Waals surface area (Å²) >= 11 is 1.20. The molecule has 1 aliphatic rings. The maximum atomic E-state index is 12.1. The summed E-state index contributed by atoms with van der Waals surface area (Å²) in [5, 5.41) is 10.9. The van der Waals surface area contributed by atoms with E-state index in [1.54, 1.807) is 24.5 Å². The highest BCUT2D eigenvalue weighted by atomic mass is 32.2. The lowest BCUT2D eigenvalue weighted by Crippen LogP contribution is -2.19. The quantitative estimate of drug-likeness (QED) is 0.429. The van der Waals surface area contributed by atoms with Crippen molar-refractivity contribution in [1.82, 2.24) is 5.32 Å². The molecular formula is C19H13N3O3S. The Balaban J connectivity index is 1.48. The van der Waals surface area contributed by atoms with Gasteiger partial charge in [0.05, 0.1) is 17.4 Å². The van der Waals surface area contributed by atoms with E-state index in [9.17, 15) is 4.79 Å². The van der Waals surface area contributed by atoms with Crippen molar-refractivity contribution in [3.8, 4) is 11.3 Å². The molecule has 0 radical (unpaired) electrons. The maximum absolute atomic E-state index is 12.1. The average Bonchev–Trinajstić information content (AvgIpc) is 3.39. The first-order valence-corrected chi connectivity index (χ1v) is 8.60. The molecule has 26 heavy (non-hydrogen) atoms. The van der Waals surface area contributed by atoms with Crippen molar-refractivity contribution >= 4 is 35.1 Å². The third-order valence-electron chi connectivity index (χ3n) is 3.49. The first-order chi connectivity index (χ1) is 12.8. The van der Waals surface area contributed by atoms with Gasteiger partial charge in [0, 0.05) is 11.6 Å². The van der Waals surface area contributed by atoms with E-state index in [0.717, 1.165) is 11.3 Å². The molecule has 0 bridgehead atoms. The number of nitrogens with zero attached hydrogens (tertiary/aromatic N) is 2. The third kappa shape index (κ3) is 3.68. The minimum absolute atomic E-state index is 0.236. The Labute approximate surface area is 153 Å². The summed E-state index contributed by atoms with van der Waals surface area (Å²) in [4.78, 5) is 12.6. The van der Waals surface area contributed by atoms with Gasteiger partial charge >= 0.3 is 0 Å². The van der Waals surface area contributed by atoms with Crippen molar-refractivity contribution in [2.45, 2.75) is 0 Å². The van der Waals surface area contributed by atoms with Gasteiger partial charge in [0.1, 0.15) is 17.3 Å². The van der Waals surface area contributed by atoms with Crippen molar-refractivity contribution in [2.75, 3.05) is 0 Å². The Hall–Kier alpha value is -3.32. The molecule has 3 aromatic rings. The van der Waals surface area contributed by atoms with Gasteiger partial charge in [-0.2, -0.15) is 5.10 Å². The molecule has 128 valence electrons. The van der Waals surface area contributed by atoms with Gasteiger partial charge in [-0.3, -0.25) is 10.1 Å². The van der Waals surface area contributed by atoms with E-state index in [2.05, 4.69) is 15.5 Å². The largest absolute Gasteiger partial charge is 0.463 e. The minimum Gasteiger partial charge on any atom is -0.463 e. The fourth-order valence-corrected chi connectivity index (χ4v) is 3.05. The van der Waals surface area contributed by atoms with Crippen LogP contribution in [0, 0.1) is 0 Å². The SMILES string of the molecule is O=C1NC(=NN=Cc2ccco2)SC1=Cc1ccc(-c2ccccc2)o1. The molecule has 0 saturated carbocycles. The van der Waals surface area contributed by atoms with Gasteiger partial charge in [0.15, 0.2) is 5.17 Å². The first kappa shape index (κ1) is 16.2. The number of nitrogens with one attached hydrogen (secondary N) is 1. The molecule has 2 aromatic heterocycles. The summed E-state index contributed by atoms with van der Waals surface area (Å²) in [6.45, 7) is 0. The number of hydrogen-bond donors (Lipinski definition) is 1. The fourth-order valence-electron chi connectivity index (χ4n) is 2.30. The van der Waals surface area contributed by atoms with Crippen LogP contribution in [-0.2, 0) is 4.79 Å². The average molecular weight is 363 g/mol. The smallest absolute Gasteiger partial charge is 0.264 e. The van der Waals surface area contributed by atoms with E-state index in [1.807, 2.05) is 42.5 Å². The number of thioether (sulfide) groups is 1. The summed E-state index contributed by atoms with van der Waals surface area (Å²) in [6, 6.07) is 17.0. The Morgan fingerprint density at radius 3 is 2.69 bits per heavy atom. The molecule has 0 atom stereocenters. The van der Waals surface area contributed by atoms with Gasteiger partial charge in [-0.15, -0.1) is 5.10 Å². The van der Waals surface area contributed by atoms with E-state index in [4.69, 9.17) is 8.83 Å². The molecule has 1 aromatic carbocycles. The Morgan fingerprint density at radius 2 is 1.88 bits per heavy atom. The zero-order valence-corrected chi connectivity index (χ0v) is 14.3. The zero-order valence-electron chi connectivity index (χ0n) is 13.5. The van der Waals surface area contributed by atoms with E-state index in [1.165, 1.54) is 18.0 Å². The van der Waals surface area contributed by atoms with E-state index in [-0.39, 0.29) is 5.91 Å². The summed E-state index contributed by atoms with van der Waals surface area (Å²) in [7, 11) is 0. The minimum atomic E-state index is -0.236. The Bertz CT molecular complexity index is 1000. The lowest BCUT2D eigenvalue weighted by atomic mass is 10.2. The predicted molar refractivity (Wildman–Crippen MR) is 102 cm³/mol. The normalized spacial score (nSPS) is 17.5. The molecule has 0 unspecified atom stereocenters. The molecule has 0 aliphatic carbocycles. The van der Waals surface area contributed by atoms with Crippen LogP contribution in [0.5, 0.6) is 0 Å². The zero-order chi connectivity index (χ0) is 17.8. The molecule has 1 N–H and O–H groups in total. The number of amides is 1. The van der Waals surface area contributed by atoms with Crippen molar-refractivity contribution in [3.63, 3.8) is 0 Å². The number of hydrogen-bond acceptors (Lipinski definition) is 6. The number of rotatable bonds is 4. The maximum Gasteiger partial charge on any atom is 0.264 e. The van der Waals surface area contributed by atoms with Gasteiger partial charge in [-0.25, -0.2) is 0 Å². The van der Waals surface area contributed by atoms with Crippen molar-refractivity contribution in [2.24, 2.45) is 10.2 Å². The Kier molecular flexibility index (Phi) is 4.53. The summed E-state index contributed by atoms with van der Waals surface area (Å²) in [5.41, 5.74) is 0.982. The van der Waals surface area contributed by atoms with Crippen LogP contribution >= 0.6 is 11.8 Å². The van der Waals surface area contributed by atoms with Crippen molar-refractivity contribution in [1.29, 1.82) is 0 Å². The lowest BCUT2D eigenvalue weighted by molar-refractivity contribution is -0.115. The summed E-state index contributed by atoms with van der Waals surface area (Å²) in [6.07, 6.45) is 4.71. The highest BCUT2D eigenvalue weighted by molar-refractivity contribution is 8.18. The van der Waals surface area contributed by atoms with Gasteiger partial charge in [0.25, 0.3) is 5.91 Å². The molecule has 6 nitrogen and oxygen atoms in total. The van der Waals surface area contributed by atoms with Crippen LogP contribution in [-0.4, -0.2) is 17.3 Å². The molecule has 1 saturated heterocycles. The van der Waals surface area contributed by atoms with Gasteiger partial charge in [0.2, 0.25) is 0 Å². The standard InChI is InChI=1S/C19H13N3O3S/c23-18-17(26-19(21-18)22-20-12-15-7-4-10-24-15)11-14-8-9-16(25-14)13-5-2-1-3-6-13/h1-12H,(H,21,22,23). The van der Waals surface area contributed by atoms with Gasteiger partial charge in [-0.05, 0) is 36.0 Å². The molecule has 0 spiro atoms. The molecule has 1 aliphatic heterocycles. The third-order valence-corrected chi connectivity index (χ3v) is 4.39. The van der Waals surface area contributed by atoms with Crippen LogP contribution in [0.2, 0.25) is 0 Å². The number of carbonyl (C=O) groups is 1. The highest BCUT2D eigenvalue weighted by Gasteiger charge is 2.24. The molecule has 3 heterocycles. The number of amidine groups is 1. The van der Waals surface area contributed by atoms with Crippen LogP contribution in [0.25, 0.3) is 17.4 Å². The second-order valence-corrected chi connectivity index (χ2v) is 6.33. The lowest BCUT2D eigenvalue weighted by Gasteiger charge is -1.95. The number of benzene rings is 1. The number of carbonyl (C=O) groups excluding carboxylic acids is 1. The van der Waals surface area contributed by atoms with Crippen LogP contribution < -0.4 is 5.32 Å². The van der Waals surface area contributed by atoms with Gasteiger partial charge in [-0.1, -0.05) is 30.3 Å². The topological polar surface area (TPSA) is 80.1 Å². The second kappa shape index (κ2) is 7.28. The summed E-state index contributed by atoms with van der Waals surface area (Å²) in [5.74, 6) is 1.70. The van der Waals surface area contributed by atoms with E-state index >= 15 is 0 Å². The fraction of sp³-hybridized carbons (Fsp3) is 0. The van der Waals surface area contributed by atoms with Crippen molar-refractivity contribution < 1.29 is 13.6 Å². The molecule has 7 heteroatoms. The van der Waals surface area contributed by atoms with E-state index in [0.29, 0.717) is 21.6 Å². The van der Waals surface area contributed by atoms with Crippen LogP contribution in [0.4, 0.5) is 0 Å². The predicted octanol–water partition coefficient (Wildman–Crippen LogP) is 4.13.